The predicted octanol–water partition coefficient (Wildman–Crippen LogP) is 2.60. The Morgan fingerprint density at radius 1 is 1.36 bits per heavy atom. The number of hydrogen-bond acceptors (Lipinski definition) is 2. The largest absolute Gasteiger partial charge is 0.324 e. The molecule has 0 aromatic heterocycles. The summed E-state index contributed by atoms with van der Waals surface area (Å²) in [4.78, 5) is 0. The molecule has 0 unspecified atom stereocenters. The van der Waals surface area contributed by atoms with Crippen molar-refractivity contribution in [3.05, 3.63) is 35.4 Å². The highest BCUT2D eigenvalue weighted by Crippen LogP contribution is 2.21. The molecular weight excluding hydrogens is 172 g/mol. The fourth-order valence-corrected chi connectivity index (χ4v) is 1.56. The molecule has 2 heteroatoms. The molecule has 0 fully saturated rings. The van der Waals surface area contributed by atoms with Gasteiger partial charge in [-0.2, -0.15) is 5.26 Å². The monoisotopic (exact) mass is 188 g/mol. The lowest BCUT2D eigenvalue weighted by Gasteiger charge is -2.15. The molecule has 14 heavy (non-hydrogen) atoms. The lowest BCUT2D eigenvalue weighted by Crippen LogP contribution is -2.14. The van der Waals surface area contributed by atoms with Gasteiger partial charge >= 0.3 is 0 Å². The van der Waals surface area contributed by atoms with Gasteiger partial charge in [0.15, 0.2) is 0 Å². The van der Waals surface area contributed by atoms with Crippen LogP contribution >= 0.6 is 0 Å². The third kappa shape index (κ3) is 2.58. The Morgan fingerprint density at radius 2 is 2.00 bits per heavy atom. The van der Waals surface area contributed by atoms with E-state index in [-0.39, 0.29) is 6.04 Å². The highest BCUT2D eigenvalue weighted by atomic mass is 14.6. The Morgan fingerprint density at radius 3 is 2.57 bits per heavy atom. The van der Waals surface area contributed by atoms with Gasteiger partial charge in [-0.3, -0.25) is 0 Å². The lowest BCUT2D eigenvalue weighted by molar-refractivity contribution is 0.509. The van der Waals surface area contributed by atoms with Gasteiger partial charge < -0.3 is 5.73 Å². The van der Waals surface area contributed by atoms with Crippen LogP contribution in [0.4, 0.5) is 0 Å². The van der Waals surface area contributed by atoms with Crippen LogP contribution in [0, 0.1) is 17.2 Å². The Balaban J connectivity index is 2.89. The van der Waals surface area contributed by atoms with E-state index in [1.54, 1.807) is 0 Å². The molecule has 0 saturated heterocycles. The molecule has 0 bridgehead atoms. The van der Waals surface area contributed by atoms with E-state index >= 15 is 0 Å². The lowest BCUT2D eigenvalue weighted by atomic mass is 9.95. The van der Waals surface area contributed by atoms with Crippen molar-refractivity contribution in [2.45, 2.75) is 26.3 Å². The molecule has 0 aliphatic carbocycles. The van der Waals surface area contributed by atoms with Gasteiger partial charge in [-0.1, -0.05) is 32.0 Å². The third-order valence-corrected chi connectivity index (χ3v) is 2.21. The van der Waals surface area contributed by atoms with Crippen molar-refractivity contribution in [3.63, 3.8) is 0 Å². The van der Waals surface area contributed by atoms with Crippen molar-refractivity contribution in [2.24, 2.45) is 11.7 Å². The standard InChI is InChI=1S/C12H16N2/c1-9(2)7-12(14)11-6-4-3-5-10(11)8-13/h3-6,9,12H,7,14H2,1-2H3/t12-/m0/s1. The van der Waals surface area contributed by atoms with Crippen LogP contribution in [0.3, 0.4) is 0 Å². The molecule has 0 heterocycles. The van der Waals surface area contributed by atoms with E-state index in [1.165, 1.54) is 0 Å². The molecule has 1 aromatic carbocycles. The van der Waals surface area contributed by atoms with E-state index in [1.807, 2.05) is 24.3 Å². The fourth-order valence-electron chi connectivity index (χ4n) is 1.56. The summed E-state index contributed by atoms with van der Waals surface area (Å²) in [7, 11) is 0. The first-order valence-electron chi connectivity index (χ1n) is 4.89. The second kappa shape index (κ2) is 4.78. The molecule has 1 aromatic rings. The molecule has 0 aliphatic rings. The van der Waals surface area contributed by atoms with Crippen molar-refractivity contribution in [1.82, 2.24) is 0 Å². The van der Waals surface area contributed by atoms with Crippen molar-refractivity contribution in [3.8, 4) is 6.07 Å². The van der Waals surface area contributed by atoms with Crippen LogP contribution in [-0.4, -0.2) is 0 Å². The van der Waals surface area contributed by atoms with Crippen molar-refractivity contribution < 1.29 is 0 Å². The minimum atomic E-state index is -0.0224. The zero-order valence-corrected chi connectivity index (χ0v) is 8.70. The second-order valence-corrected chi connectivity index (χ2v) is 3.94. The zero-order valence-electron chi connectivity index (χ0n) is 8.70. The maximum absolute atomic E-state index is 8.90. The van der Waals surface area contributed by atoms with Crippen LogP contribution in [0.2, 0.25) is 0 Å². The summed E-state index contributed by atoms with van der Waals surface area (Å²) in [5, 5.41) is 8.90. The zero-order chi connectivity index (χ0) is 10.6. The van der Waals surface area contributed by atoms with Gasteiger partial charge in [0.2, 0.25) is 0 Å². The third-order valence-electron chi connectivity index (χ3n) is 2.21. The van der Waals surface area contributed by atoms with Gasteiger partial charge in [-0.05, 0) is 24.0 Å². The Kier molecular flexibility index (Phi) is 3.67. The topological polar surface area (TPSA) is 49.8 Å². The van der Waals surface area contributed by atoms with E-state index in [0.29, 0.717) is 11.5 Å². The molecule has 1 rings (SSSR count). The summed E-state index contributed by atoms with van der Waals surface area (Å²) in [6.45, 7) is 4.27. The number of benzene rings is 1. The van der Waals surface area contributed by atoms with Crippen LogP contribution in [-0.2, 0) is 0 Å². The SMILES string of the molecule is CC(C)C[C@H](N)c1ccccc1C#N. The van der Waals surface area contributed by atoms with Gasteiger partial charge in [-0.15, -0.1) is 0 Å². The molecule has 0 amide bonds. The first-order chi connectivity index (χ1) is 6.65. The summed E-state index contributed by atoms with van der Waals surface area (Å²) in [6, 6.07) is 9.69. The van der Waals surface area contributed by atoms with E-state index in [9.17, 15) is 0 Å². The highest BCUT2D eigenvalue weighted by Gasteiger charge is 2.11. The van der Waals surface area contributed by atoms with Crippen molar-refractivity contribution >= 4 is 0 Å². The molecule has 0 aliphatic heterocycles. The van der Waals surface area contributed by atoms with E-state index < -0.39 is 0 Å². The molecule has 0 saturated carbocycles. The smallest absolute Gasteiger partial charge is 0.0995 e. The van der Waals surface area contributed by atoms with Crippen LogP contribution in [0.5, 0.6) is 0 Å². The number of hydrogen-bond donors (Lipinski definition) is 1. The van der Waals surface area contributed by atoms with E-state index in [2.05, 4.69) is 19.9 Å². The molecule has 0 radical (unpaired) electrons. The molecule has 2 N–H and O–H groups in total. The maximum Gasteiger partial charge on any atom is 0.0995 e. The average Bonchev–Trinajstić information content (AvgIpc) is 2.16. The number of rotatable bonds is 3. The average molecular weight is 188 g/mol. The summed E-state index contributed by atoms with van der Waals surface area (Å²) >= 11 is 0. The maximum atomic E-state index is 8.90. The van der Waals surface area contributed by atoms with Crippen molar-refractivity contribution in [2.75, 3.05) is 0 Å². The fraction of sp³-hybridized carbons (Fsp3) is 0.417. The second-order valence-electron chi connectivity index (χ2n) is 3.94. The molecule has 0 spiro atoms. The summed E-state index contributed by atoms with van der Waals surface area (Å²) in [5.74, 6) is 0.553. The highest BCUT2D eigenvalue weighted by molar-refractivity contribution is 5.39. The summed E-state index contributed by atoms with van der Waals surface area (Å²) < 4.78 is 0. The number of nitriles is 1. The van der Waals surface area contributed by atoms with Crippen molar-refractivity contribution in [1.29, 1.82) is 5.26 Å². The van der Waals surface area contributed by atoms with Crippen LogP contribution in [0.25, 0.3) is 0 Å². The van der Waals surface area contributed by atoms with Crippen LogP contribution in [0.1, 0.15) is 37.4 Å². The van der Waals surface area contributed by atoms with Gasteiger partial charge in [0.25, 0.3) is 0 Å². The first-order valence-corrected chi connectivity index (χ1v) is 4.89. The van der Waals surface area contributed by atoms with Gasteiger partial charge in [-0.25, -0.2) is 0 Å². The minimum Gasteiger partial charge on any atom is -0.324 e. The van der Waals surface area contributed by atoms with Gasteiger partial charge in [0.05, 0.1) is 11.6 Å². The van der Waals surface area contributed by atoms with Gasteiger partial charge in [0.1, 0.15) is 0 Å². The molecule has 1 atom stereocenters. The molecule has 2 nitrogen and oxygen atoms in total. The summed E-state index contributed by atoms with van der Waals surface area (Å²) in [6.07, 6.45) is 0.915. The van der Waals surface area contributed by atoms with Crippen LogP contribution in [0.15, 0.2) is 24.3 Å². The Labute approximate surface area is 85.4 Å². The Hall–Kier alpha value is -1.33. The molecule has 74 valence electrons. The van der Waals surface area contributed by atoms with Gasteiger partial charge in [0, 0.05) is 6.04 Å². The predicted molar refractivity (Wildman–Crippen MR) is 57.5 cm³/mol. The normalized spacial score (nSPS) is 12.5. The number of nitrogens with two attached hydrogens (primary N) is 1. The minimum absolute atomic E-state index is 0.0224. The Bertz CT molecular complexity index is 336. The first kappa shape index (κ1) is 10.7. The van der Waals surface area contributed by atoms with E-state index in [4.69, 9.17) is 11.0 Å². The summed E-state index contributed by atoms with van der Waals surface area (Å²) in [5.41, 5.74) is 7.68. The van der Waals surface area contributed by atoms with Crippen LogP contribution < -0.4 is 5.73 Å². The number of nitrogens with zero attached hydrogens (tertiary/aromatic N) is 1. The van der Waals surface area contributed by atoms with E-state index in [0.717, 1.165) is 12.0 Å². The molecular formula is C12H16N2. The quantitative estimate of drug-likeness (QED) is 0.792.